The van der Waals surface area contributed by atoms with Gasteiger partial charge in [-0.25, -0.2) is 0 Å². The van der Waals surface area contributed by atoms with Crippen molar-refractivity contribution in [2.75, 3.05) is 13.1 Å². The van der Waals surface area contributed by atoms with Crippen molar-refractivity contribution in [2.45, 2.75) is 37.6 Å². The number of ketones is 1. The fourth-order valence-electron chi connectivity index (χ4n) is 4.95. The van der Waals surface area contributed by atoms with E-state index in [1.54, 1.807) is 17.0 Å². The number of hydrogen-bond donors (Lipinski definition) is 0. The molecule has 0 radical (unpaired) electrons. The molecular formula is C17H20N4O. The Balaban J connectivity index is 1.45. The molecule has 22 heavy (non-hydrogen) atoms. The first-order valence-corrected chi connectivity index (χ1v) is 8.35. The van der Waals surface area contributed by atoms with E-state index >= 15 is 0 Å². The zero-order chi connectivity index (χ0) is 14.7. The molecule has 6 rings (SSSR count). The molecule has 4 aliphatic rings. The molecule has 1 atom stereocenters. The Kier molecular flexibility index (Phi) is 2.54. The molecule has 2 aromatic heterocycles. The maximum absolute atomic E-state index is 12.9. The normalized spacial score (nSPS) is 31.7. The van der Waals surface area contributed by atoms with E-state index in [1.165, 1.54) is 38.8 Å². The van der Waals surface area contributed by atoms with E-state index in [9.17, 15) is 4.79 Å². The van der Waals surface area contributed by atoms with Crippen LogP contribution in [0.25, 0.3) is 5.52 Å². The number of carbonyl (C=O) groups is 1. The van der Waals surface area contributed by atoms with Gasteiger partial charge in [0.15, 0.2) is 5.78 Å². The van der Waals surface area contributed by atoms with Gasteiger partial charge >= 0.3 is 0 Å². The summed E-state index contributed by atoms with van der Waals surface area (Å²) in [7, 11) is 0. The number of fused-ring (bicyclic) bond motifs is 3. The van der Waals surface area contributed by atoms with Crippen LogP contribution in [0, 0.1) is 11.8 Å². The van der Waals surface area contributed by atoms with Crippen molar-refractivity contribution < 1.29 is 4.79 Å². The Labute approximate surface area is 129 Å². The lowest BCUT2D eigenvalue weighted by Gasteiger charge is -2.52. The van der Waals surface area contributed by atoms with Crippen LogP contribution in [0.3, 0.4) is 0 Å². The van der Waals surface area contributed by atoms with Crippen LogP contribution in [-0.2, 0) is 0 Å². The first-order valence-electron chi connectivity index (χ1n) is 8.35. The molecule has 1 saturated carbocycles. The summed E-state index contributed by atoms with van der Waals surface area (Å²) in [6, 6.07) is 3.79. The highest BCUT2D eigenvalue weighted by atomic mass is 16.1. The average Bonchev–Trinajstić information content (AvgIpc) is 3.21. The van der Waals surface area contributed by atoms with E-state index < -0.39 is 0 Å². The van der Waals surface area contributed by atoms with Crippen LogP contribution >= 0.6 is 0 Å². The minimum atomic E-state index is 0.244. The highest BCUT2D eigenvalue weighted by Crippen LogP contribution is 2.58. The monoisotopic (exact) mass is 296 g/mol. The van der Waals surface area contributed by atoms with Crippen LogP contribution in [0.2, 0.25) is 0 Å². The van der Waals surface area contributed by atoms with E-state index in [0.29, 0.717) is 17.9 Å². The molecular weight excluding hydrogens is 276 g/mol. The Hall–Kier alpha value is -1.75. The molecule has 0 aromatic carbocycles. The molecule has 2 aromatic rings. The molecule has 114 valence electrons. The van der Waals surface area contributed by atoms with Gasteiger partial charge in [0, 0.05) is 18.2 Å². The van der Waals surface area contributed by atoms with Crippen LogP contribution < -0.4 is 0 Å². The summed E-state index contributed by atoms with van der Waals surface area (Å²) in [4.78, 5) is 15.5. The molecule has 5 heterocycles. The summed E-state index contributed by atoms with van der Waals surface area (Å²) in [5, 5.41) is 8.36. The summed E-state index contributed by atoms with van der Waals surface area (Å²) in [5.74, 6) is 1.54. The lowest BCUT2D eigenvalue weighted by molar-refractivity contribution is -0.0273. The van der Waals surface area contributed by atoms with Crippen molar-refractivity contribution in [3.63, 3.8) is 0 Å². The summed E-state index contributed by atoms with van der Waals surface area (Å²) in [6.07, 6.45) is 9.19. The average molecular weight is 296 g/mol. The minimum absolute atomic E-state index is 0.244. The van der Waals surface area contributed by atoms with Gasteiger partial charge in [0.1, 0.15) is 0 Å². The number of carbonyl (C=O) groups excluding carboxylic acids is 1. The third kappa shape index (κ3) is 1.66. The van der Waals surface area contributed by atoms with Crippen molar-refractivity contribution in [3.05, 3.63) is 30.1 Å². The van der Waals surface area contributed by atoms with E-state index in [2.05, 4.69) is 15.1 Å². The van der Waals surface area contributed by atoms with E-state index in [1.807, 2.05) is 12.1 Å². The quantitative estimate of drug-likeness (QED) is 0.815. The number of piperidine rings is 3. The zero-order valence-electron chi connectivity index (χ0n) is 12.6. The fraction of sp³-hybridized carbons (Fsp3) is 0.588. The summed E-state index contributed by atoms with van der Waals surface area (Å²) in [5.41, 5.74) is 1.94. The molecule has 5 heteroatoms. The van der Waals surface area contributed by atoms with E-state index in [4.69, 9.17) is 0 Å². The molecule has 0 N–H and O–H groups in total. The highest BCUT2D eigenvalue weighted by molar-refractivity contribution is 6.02. The molecule has 2 bridgehead atoms. The Morgan fingerprint density at radius 3 is 2.86 bits per heavy atom. The first-order chi connectivity index (χ1) is 10.8. The standard InChI is InChI=1S/C17H20N4O/c22-16(13-11-19-21-15(13)2-1-7-18-21)10-14-12-3-8-20(9-4-12)17(14)5-6-17/h1-2,7,11-12,14H,3-6,8-10H2/t14-/m0/s1. The zero-order valence-corrected chi connectivity index (χ0v) is 12.6. The minimum Gasteiger partial charge on any atom is -0.297 e. The second kappa shape index (κ2) is 4.38. The third-order valence-corrected chi connectivity index (χ3v) is 6.20. The second-order valence-electron chi connectivity index (χ2n) is 7.12. The van der Waals surface area contributed by atoms with Gasteiger partial charge in [0.25, 0.3) is 0 Å². The molecule has 0 unspecified atom stereocenters. The van der Waals surface area contributed by atoms with Crippen LogP contribution in [0.5, 0.6) is 0 Å². The van der Waals surface area contributed by atoms with Gasteiger partial charge in [0.2, 0.25) is 0 Å². The van der Waals surface area contributed by atoms with Crippen molar-refractivity contribution >= 4 is 11.3 Å². The Morgan fingerprint density at radius 2 is 2.09 bits per heavy atom. The number of rotatable bonds is 3. The van der Waals surface area contributed by atoms with Crippen molar-refractivity contribution in [2.24, 2.45) is 11.8 Å². The molecule has 1 spiro atoms. The first kappa shape index (κ1) is 12.8. The van der Waals surface area contributed by atoms with Gasteiger partial charge in [-0.3, -0.25) is 9.69 Å². The SMILES string of the molecule is O=C(C[C@H]1C2CCN(CC2)C12CC2)c1cnn2ncccc12. The second-order valence-corrected chi connectivity index (χ2v) is 7.12. The maximum atomic E-state index is 12.9. The lowest BCUT2D eigenvalue weighted by atomic mass is 9.69. The molecule has 4 fully saturated rings. The number of nitrogens with zero attached hydrogens (tertiary/aromatic N) is 4. The lowest BCUT2D eigenvalue weighted by Crippen LogP contribution is -2.57. The molecule has 0 amide bonds. The van der Waals surface area contributed by atoms with Crippen LogP contribution in [0.15, 0.2) is 24.5 Å². The predicted molar refractivity (Wildman–Crippen MR) is 81.7 cm³/mol. The summed E-state index contributed by atoms with van der Waals surface area (Å²) < 4.78 is 1.55. The number of aromatic nitrogens is 3. The Bertz CT molecular complexity index is 740. The van der Waals surface area contributed by atoms with Gasteiger partial charge < -0.3 is 0 Å². The van der Waals surface area contributed by atoms with Crippen LogP contribution in [-0.4, -0.2) is 44.1 Å². The van der Waals surface area contributed by atoms with Gasteiger partial charge in [-0.05, 0) is 62.7 Å². The van der Waals surface area contributed by atoms with Crippen molar-refractivity contribution in [1.82, 2.24) is 19.7 Å². The van der Waals surface area contributed by atoms with E-state index in [0.717, 1.165) is 17.0 Å². The fourth-order valence-corrected chi connectivity index (χ4v) is 4.95. The smallest absolute Gasteiger partial charge is 0.167 e. The van der Waals surface area contributed by atoms with Gasteiger partial charge in [-0.2, -0.15) is 14.8 Å². The van der Waals surface area contributed by atoms with Gasteiger partial charge in [-0.15, -0.1) is 0 Å². The molecule has 5 nitrogen and oxygen atoms in total. The predicted octanol–water partition coefficient (Wildman–Crippen LogP) is 2.18. The van der Waals surface area contributed by atoms with Gasteiger partial charge in [0.05, 0.1) is 17.3 Å². The van der Waals surface area contributed by atoms with Crippen molar-refractivity contribution in [3.8, 4) is 0 Å². The molecule has 1 aliphatic carbocycles. The maximum Gasteiger partial charge on any atom is 0.167 e. The highest BCUT2D eigenvalue weighted by Gasteiger charge is 2.60. The van der Waals surface area contributed by atoms with Crippen molar-refractivity contribution in [1.29, 1.82) is 0 Å². The third-order valence-electron chi connectivity index (χ3n) is 6.20. The molecule has 3 aliphatic heterocycles. The van der Waals surface area contributed by atoms with Crippen LogP contribution in [0.1, 0.15) is 42.5 Å². The van der Waals surface area contributed by atoms with Crippen LogP contribution in [0.4, 0.5) is 0 Å². The van der Waals surface area contributed by atoms with Gasteiger partial charge in [-0.1, -0.05) is 0 Å². The largest absolute Gasteiger partial charge is 0.297 e. The topological polar surface area (TPSA) is 50.5 Å². The summed E-state index contributed by atoms with van der Waals surface area (Å²) >= 11 is 0. The van der Waals surface area contributed by atoms with E-state index in [-0.39, 0.29) is 5.78 Å². The molecule has 3 saturated heterocycles. The summed E-state index contributed by atoms with van der Waals surface area (Å²) in [6.45, 7) is 2.49. The Morgan fingerprint density at radius 1 is 1.27 bits per heavy atom. The number of hydrogen-bond acceptors (Lipinski definition) is 4. The number of Topliss-reactive ketones (excluding diaryl/α,β-unsaturated/α-hetero) is 1.